The molecule has 8 heteroatoms. The van der Waals surface area contributed by atoms with Crippen LogP contribution in [0.15, 0.2) is 36.8 Å². The zero-order chi connectivity index (χ0) is 21.0. The second-order valence-electron chi connectivity index (χ2n) is 6.84. The summed E-state index contributed by atoms with van der Waals surface area (Å²) in [7, 11) is 0. The Morgan fingerprint density at radius 2 is 2.07 bits per heavy atom. The van der Waals surface area contributed by atoms with Crippen LogP contribution in [0.1, 0.15) is 48.3 Å². The number of amides is 2. The molecule has 0 radical (unpaired) electrons. The molecule has 0 aliphatic heterocycles. The standard InChI is InChI=1S/C21H24N6O2/c1-4-5-8-17-19(21(22)29)26-27(16-7-6-9-23-12-16)20(17)18-13(2)10-15(11-24-18)25-14(3)28/h6-7,9-12H,4-5,8H2,1-3H3,(H2,22,29)(H,25,28). The summed E-state index contributed by atoms with van der Waals surface area (Å²) in [4.78, 5) is 32.2. The number of aromatic nitrogens is 4. The van der Waals surface area contributed by atoms with Crippen LogP contribution in [-0.2, 0) is 11.2 Å². The maximum Gasteiger partial charge on any atom is 0.269 e. The number of rotatable bonds is 7. The van der Waals surface area contributed by atoms with Gasteiger partial charge in [0.15, 0.2) is 5.69 Å². The summed E-state index contributed by atoms with van der Waals surface area (Å²) in [6, 6.07) is 5.51. The van der Waals surface area contributed by atoms with Gasteiger partial charge in [0.05, 0.1) is 35.2 Å². The van der Waals surface area contributed by atoms with Crippen LogP contribution in [0.2, 0.25) is 0 Å². The smallest absolute Gasteiger partial charge is 0.269 e. The number of nitrogens with two attached hydrogens (primary N) is 1. The highest BCUT2D eigenvalue weighted by molar-refractivity contribution is 5.94. The molecule has 150 valence electrons. The van der Waals surface area contributed by atoms with Crippen LogP contribution >= 0.6 is 0 Å². The van der Waals surface area contributed by atoms with Crippen LogP contribution in [-0.4, -0.2) is 31.6 Å². The Hall–Kier alpha value is -3.55. The third kappa shape index (κ3) is 4.31. The molecule has 0 aromatic carbocycles. The molecule has 0 aliphatic carbocycles. The second kappa shape index (κ2) is 8.64. The maximum atomic E-state index is 12.1. The van der Waals surface area contributed by atoms with E-state index in [4.69, 9.17) is 5.73 Å². The van der Waals surface area contributed by atoms with Crippen LogP contribution < -0.4 is 11.1 Å². The van der Waals surface area contributed by atoms with Crippen molar-refractivity contribution < 1.29 is 9.59 Å². The Morgan fingerprint density at radius 3 is 2.66 bits per heavy atom. The zero-order valence-corrected chi connectivity index (χ0v) is 16.8. The fourth-order valence-corrected chi connectivity index (χ4v) is 3.24. The molecule has 3 N–H and O–H groups in total. The van der Waals surface area contributed by atoms with Crippen LogP contribution in [0, 0.1) is 6.92 Å². The number of pyridine rings is 2. The molecule has 0 atom stereocenters. The van der Waals surface area contributed by atoms with E-state index in [9.17, 15) is 9.59 Å². The van der Waals surface area contributed by atoms with Gasteiger partial charge in [0.2, 0.25) is 5.91 Å². The molecule has 3 heterocycles. The topological polar surface area (TPSA) is 116 Å². The normalized spacial score (nSPS) is 10.7. The number of hydrogen-bond donors (Lipinski definition) is 2. The minimum absolute atomic E-state index is 0.168. The summed E-state index contributed by atoms with van der Waals surface area (Å²) in [5.41, 5.74) is 10.2. The van der Waals surface area contributed by atoms with Crippen molar-refractivity contribution >= 4 is 17.5 Å². The van der Waals surface area contributed by atoms with Gasteiger partial charge < -0.3 is 11.1 Å². The number of unbranched alkanes of at least 4 members (excludes halogenated alkanes) is 1. The summed E-state index contributed by atoms with van der Waals surface area (Å²) in [5.74, 6) is -0.744. The first-order chi connectivity index (χ1) is 13.9. The van der Waals surface area contributed by atoms with Crippen LogP contribution in [0.25, 0.3) is 17.1 Å². The lowest BCUT2D eigenvalue weighted by atomic mass is 10.0. The molecule has 0 unspecified atom stereocenters. The number of carbonyl (C=O) groups excluding carboxylic acids is 2. The average molecular weight is 392 g/mol. The fraction of sp³-hybridized carbons (Fsp3) is 0.286. The van der Waals surface area contributed by atoms with Crippen LogP contribution in [0.3, 0.4) is 0 Å². The molecule has 3 aromatic rings. The first-order valence-corrected chi connectivity index (χ1v) is 9.49. The van der Waals surface area contributed by atoms with Crippen molar-refractivity contribution in [2.24, 2.45) is 5.73 Å². The fourth-order valence-electron chi connectivity index (χ4n) is 3.24. The number of nitrogens with one attached hydrogen (secondary N) is 1. The van der Waals surface area contributed by atoms with Gasteiger partial charge in [-0.2, -0.15) is 5.10 Å². The number of anilines is 1. The summed E-state index contributed by atoms with van der Waals surface area (Å²) >= 11 is 0. The summed E-state index contributed by atoms with van der Waals surface area (Å²) in [6.07, 6.45) is 7.44. The predicted octanol–water partition coefficient (Wildman–Crippen LogP) is 3.04. The monoisotopic (exact) mass is 392 g/mol. The number of nitrogens with zero attached hydrogens (tertiary/aromatic N) is 4. The molecular formula is C21H24N6O2. The summed E-state index contributed by atoms with van der Waals surface area (Å²) in [6.45, 7) is 5.44. The molecule has 0 bridgehead atoms. The largest absolute Gasteiger partial charge is 0.364 e. The second-order valence-corrected chi connectivity index (χ2v) is 6.84. The van der Waals surface area contributed by atoms with E-state index < -0.39 is 5.91 Å². The SMILES string of the molecule is CCCCc1c(C(N)=O)nn(-c2cccnc2)c1-c1ncc(NC(C)=O)cc1C. The van der Waals surface area contributed by atoms with Gasteiger partial charge in [-0.25, -0.2) is 4.68 Å². The lowest BCUT2D eigenvalue weighted by Crippen LogP contribution is -2.14. The van der Waals surface area contributed by atoms with E-state index in [-0.39, 0.29) is 11.6 Å². The third-order valence-corrected chi connectivity index (χ3v) is 4.51. The number of primary amides is 1. The van der Waals surface area contributed by atoms with E-state index in [1.807, 2.05) is 19.1 Å². The van der Waals surface area contributed by atoms with E-state index >= 15 is 0 Å². The maximum absolute atomic E-state index is 12.1. The van der Waals surface area contributed by atoms with Crippen molar-refractivity contribution in [2.75, 3.05) is 5.32 Å². The minimum Gasteiger partial charge on any atom is -0.364 e. The molecular weight excluding hydrogens is 368 g/mol. The van der Waals surface area contributed by atoms with Crippen molar-refractivity contribution in [1.82, 2.24) is 19.7 Å². The highest BCUT2D eigenvalue weighted by Crippen LogP contribution is 2.32. The van der Waals surface area contributed by atoms with Crippen molar-refractivity contribution in [3.05, 3.63) is 53.6 Å². The molecule has 0 saturated heterocycles. The molecule has 3 aromatic heterocycles. The van der Waals surface area contributed by atoms with Crippen LogP contribution in [0.5, 0.6) is 0 Å². The summed E-state index contributed by atoms with van der Waals surface area (Å²) < 4.78 is 1.67. The molecule has 3 rings (SSSR count). The lowest BCUT2D eigenvalue weighted by Gasteiger charge is -2.13. The van der Waals surface area contributed by atoms with E-state index in [1.165, 1.54) is 6.92 Å². The van der Waals surface area contributed by atoms with Crippen molar-refractivity contribution in [3.63, 3.8) is 0 Å². The van der Waals surface area contributed by atoms with Gasteiger partial charge >= 0.3 is 0 Å². The van der Waals surface area contributed by atoms with Crippen molar-refractivity contribution in [3.8, 4) is 17.1 Å². The Balaban J connectivity index is 2.25. The van der Waals surface area contributed by atoms with Crippen molar-refractivity contribution in [1.29, 1.82) is 0 Å². The van der Waals surface area contributed by atoms with Crippen molar-refractivity contribution in [2.45, 2.75) is 40.0 Å². The van der Waals surface area contributed by atoms with Gasteiger partial charge in [0, 0.05) is 18.7 Å². The summed E-state index contributed by atoms with van der Waals surface area (Å²) in [5, 5.41) is 7.25. The Labute approximate surface area is 169 Å². The lowest BCUT2D eigenvalue weighted by molar-refractivity contribution is -0.114. The molecule has 0 saturated carbocycles. The molecule has 0 spiro atoms. The Morgan fingerprint density at radius 1 is 1.28 bits per heavy atom. The number of aryl methyl sites for hydroxylation is 1. The highest BCUT2D eigenvalue weighted by Gasteiger charge is 2.25. The van der Waals surface area contributed by atoms with Gasteiger partial charge in [-0.05, 0) is 43.5 Å². The number of hydrogen-bond acceptors (Lipinski definition) is 5. The molecule has 0 aliphatic rings. The predicted molar refractivity (Wildman–Crippen MR) is 111 cm³/mol. The number of carbonyl (C=O) groups is 2. The average Bonchev–Trinajstić information content (AvgIpc) is 3.06. The first-order valence-electron chi connectivity index (χ1n) is 9.49. The van der Waals surface area contributed by atoms with Gasteiger partial charge in [0.1, 0.15) is 0 Å². The Bertz CT molecular complexity index is 1040. The molecule has 29 heavy (non-hydrogen) atoms. The van der Waals surface area contributed by atoms with E-state index in [0.29, 0.717) is 29.2 Å². The minimum atomic E-state index is -0.576. The molecule has 2 amide bonds. The highest BCUT2D eigenvalue weighted by atomic mass is 16.1. The Kier molecular flexibility index (Phi) is 6.01. The van der Waals surface area contributed by atoms with Gasteiger partial charge in [-0.1, -0.05) is 13.3 Å². The van der Waals surface area contributed by atoms with Gasteiger partial charge in [0.25, 0.3) is 5.91 Å². The molecule has 8 nitrogen and oxygen atoms in total. The quantitative estimate of drug-likeness (QED) is 0.641. The van der Waals surface area contributed by atoms with Crippen LogP contribution in [0.4, 0.5) is 5.69 Å². The zero-order valence-electron chi connectivity index (χ0n) is 16.8. The first kappa shape index (κ1) is 20.2. The van der Waals surface area contributed by atoms with E-state index in [0.717, 1.165) is 24.0 Å². The third-order valence-electron chi connectivity index (χ3n) is 4.51. The van der Waals surface area contributed by atoms with E-state index in [1.54, 1.807) is 29.3 Å². The molecule has 0 fully saturated rings. The van der Waals surface area contributed by atoms with E-state index in [2.05, 4.69) is 27.3 Å². The van der Waals surface area contributed by atoms with Gasteiger partial charge in [-0.15, -0.1) is 0 Å². The van der Waals surface area contributed by atoms with Gasteiger partial charge in [-0.3, -0.25) is 19.6 Å².